The number of hydrogen-bond donors (Lipinski definition) is 0. The van der Waals surface area contributed by atoms with Crippen molar-refractivity contribution < 1.29 is 14.3 Å². The van der Waals surface area contributed by atoms with Crippen LogP contribution in [-0.2, 0) is 27.1 Å². The molecule has 2 heterocycles. The molecule has 3 aliphatic rings. The average Bonchev–Trinajstić information content (AvgIpc) is 3.19. The molecule has 0 bridgehead atoms. The van der Waals surface area contributed by atoms with Crippen molar-refractivity contribution in [3.05, 3.63) is 35.4 Å². The van der Waals surface area contributed by atoms with Gasteiger partial charge < -0.3 is 14.4 Å². The lowest BCUT2D eigenvalue weighted by Gasteiger charge is -2.39. The number of rotatable bonds is 4. The molecular weight excluding hydrogens is 314 g/mol. The minimum atomic E-state index is -0.0415. The van der Waals surface area contributed by atoms with E-state index in [0.29, 0.717) is 24.9 Å². The molecule has 0 radical (unpaired) electrons. The van der Waals surface area contributed by atoms with Gasteiger partial charge in [-0.1, -0.05) is 24.3 Å². The number of piperidine rings is 1. The van der Waals surface area contributed by atoms with E-state index in [0.717, 1.165) is 51.8 Å². The molecule has 4 heteroatoms. The number of carbonyl (C=O) groups excluding carboxylic acids is 1. The third kappa shape index (κ3) is 3.61. The van der Waals surface area contributed by atoms with Gasteiger partial charge in [-0.25, -0.2) is 0 Å². The van der Waals surface area contributed by atoms with Crippen LogP contribution < -0.4 is 0 Å². The van der Waals surface area contributed by atoms with Crippen LogP contribution in [0.25, 0.3) is 0 Å². The van der Waals surface area contributed by atoms with Crippen LogP contribution in [0.3, 0.4) is 0 Å². The predicted octanol–water partition coefficient (Wildman–Crippen LogP) is 2.98. The fraction of sp³-hybridized carbons (Fsp3) is 0.667. The van der Waals surface area contributed by atoms with Crippen LogP contribution in [0.5, 0.6) is 0 Å². The number of ether oxygens (including phenoxy) is 2. The molecule has 4 nitrogen and oxygen atoms in total. The maximum atomic E-state index is 12.7. The van der Waals surface area contributed by atoms with E-state index in [4.69, 9.17) is 9.47 Å². The van der Waals surface area contributed by atoms with Crippen molar-refractivity contribution in [2.45, 2.75) is 57.2 Å². The Morgan fingerprint density at radius 1 is 1.24 bits per heavy atom. The highest BCUT2D eigenvalue weighted by Gasteiger charge is 2.43. The SMILES string of the molecule is CCO[C@@H]1COC2(CCN(C(=O)CC3Cc4ccccc4C3)CC2)C1. The van der Waals surface area contributed by atoms with E-state index in [-0.39, 0.29) is 11.7 Å². The number of amides is 1. The third-order valence-corrected chi connectivity index (χ3v) is 6.20. The summed E-state index contributed by atoms with van der Waals surface area (Å²) < 4.78 is 11.8. The molecule has 1 atom stereocenters. The number of hydrogen-bond acceptors (Lipinski definition) is 3. The van der Waals surface area contributed by atoms with Crippen LogP contribution in [0.2, 0.25) is 0 Å². The number of benzene rings is 1. The lowest BCUT2D eigenvalue weighted by molar-refractivity contribution is -0.136. The third-order valence-electron chi connectivity index (χ3n) is 6.20. The standard InChI is InChI=1S/C21H29NO3/c1-2-24-19-14-21(25-15-19)7-9-22(10-8-21)20(23)13-16-11-17-5-3-4-6-18(17)12-16/h3-6,16,19H,2,7-15H2,1H3/t19-/m0/s1. The zero-order valence-corrected chi connectivity index (χ0v) is 15.2. The Bertz CT molecular complexity index is 596. The summed E-state index contributed by atoms with van der Waals surface area (Å²) in [6, 6.07) is 8.61. The molecule has 0 aromatic heterocycles. The Balaban J connectivity index is 1.27. The highest BCUT2D eigenvalue weighted by atomic mass is 16.6. The first-order valence-corrected chi connectivity index (χ1v) is 9.77. The van der Waals surface area contributed by atoms with Crippen molar-refractivity contribution in [1.82, 2.24) is 4.90 Å². The minimum absolute atomic E-state index is 0.0415. The van der Waals surface area contributed by atoms with Gasteiger partial charge in [0.2, 0.25) is 5.91 Å². The zero-order chi connectivity index (χ0) is 17.3. The Morgan fingerprint density at radius 2 is 1.92 bits per heavy atom. The summed E-state index contributed by atoms with van der Waals surface area (Å²) in [4.78, 5) is 14.8. The van der Waals surface area contributed by atoms with E-state index < -0.39 is 0 Å². The van der Waals surface area contributed by atoms with Crippen molar-refractivity contribution in [3.8, 4) is 0 Å². The topological polar surface area (TPSA) is 38.8 Å². The Labute approximate surface area is 150 Å². The Kier molecular flexibility index (Phi) is 4.83. The molecule has 1 aromatic rings. The predicted molar refractivity (Wildman–Crippen MR) is 96.5 cm³/mol. The monoisotopic (exact) mass is 343 g/mol. The molecule has 136 valence electrons. The molecule has 0 saturated carbocycles. The highest BCUT2D eigenvalue weighted by Crippen LogP contribution is 2.37. The normalized spacial score (nSPS) is 25.5. The summed E-state index contributed by atoms with van der Waals surface area (Å²) in [5.74, 6) is 0.804. The first-order chi connectivity index (χ1) is 12.2. The van der Waals surface area contributed by atoms with E-state index in [9.17, 15) is 4.79 Å². The molecule has 1 spiro atoms. The van der Waals surface area contributed by atoms with Gasteiger partial charge in [-0.3, -0.25) is 4.79 Å². The number of fused-ring (bicyclic) bond motifs is 1. The summed E-state index contributed by atoms with van der Waals surface area (Å²) in [5, 5.41) is 0. The molecule has 2 saturated heterocycles. The summed E-state index contributed by atoms with van der Waals surface area (Å²) in [6.07, 6.45) is 5.92. The molecule has 4 rings (SSSR count). The van der Waals surface area contributed by atoms with Crippen molar-refractivity contribution in [2.75, 3.05) is 26.3 Å². The maximum Gasteiger partial charge on any atom is 0.222 e. The van der Waals surface area contributed by atoms with Crippen molar-refractivity contribution in [2.24, 2.45) is 5.92 Å². The van der Waals surface area contributed by atoms with Crippen LogP contribution in [-0.4, -0.2) is 48.8 Å². The lowest BCUT2D eigenvalue weighted by atomic mass is 9.87. The fourth-order valence-electron chi connectivity index (χ4n) is 4.83. The number of nitrogens with zero attached hydrogens (tertiary/aromatic N) is 1. The van der Waals surface area contributed by atoms with Crippen molar-refractivity contribution in [1.29, 1.82) is 0 Å². The minimum Gasteiger partial charge on any atom is -0.376 e. The van der Waals surface area contributed by atoms with Gasteiger partial charge in [0.1, 0.15) is 0 Å². The summed E-state index contributed by atoms with van der Waals surface area (Å²) in [6.45, 7) is 5.16. The van der Waals surface area contributed by atoms with Gasteiger partial charge >= 0.3 is 0 Å². The van der Waals surface area contributed by atoms with Gasteiger partial charge in [0.15, 0.2) is 0 Å². The van der Waals surface area contributed by atoms with Crippen LogP contribution in [0.4, 0.5) is 0 Å². The Hall–Kier alpha value is -1.39. The van der Waals surface area contributed by atoms with Crippen LogP contribution >= 0.6 is 0 Å². The van der Waals surface area contributed by atoms with E-state index in [1.807, 2.05) is 6.92 Å². The quantitative estimate of drug-likeness (QED) is 0.844. The van der Waals surface area contributed by atoms with Crippen LogP contribution in [0.15, 0.2) is 24.3 Å². The number of carbonyl (C=O) groups is 1. The second kappa shape index (κ2) is 7.08. The second-order valence-corrected chi connectivity index (χ2v) is 7.90. The molecule has 0 unspecified atom stereocenters. The number of likely N-dealkylation sites (tertiary alicyclic amines) is 1. The molecule has 1 aliphatic carbocycles. The highest BCUT2D eigenvalue weighted by molar-refractivity contribution is 5.76. The van der Waals surface area contributed by atoms with E-state index in [2.05, 4.69) is 29.2 Å². The molecule has 1 aromatic carbocycles. The summed E-state index contributed by atoms with van der Waals surface area (Å²) >= 11 is 0. The fourth-order valence-corrected chi connectivity index (χ4v) is 4.83. The Morgan fingerprint density at radius 3 is 2.56 bits per heavy atom. The van der Waals surface area contributed by atoms with Gasteiger partial charge in [0, 0.05) is 32.5 Å². The lowest BCUT2D eigenvalue weighted by Crippen LogP contribution is -2.47. The first kappa shape index (κ1) is 17.0. The van der Waals surface area contributed by atoms with Crippen LogP contribution in [0.1, 0.15) is 43.7 Å². The first-order valence-electron chi connectivity index (χ1n) is 9.77. The largest absolute Gasteiger partial charge is 0.376 e. The molecule has 2 fully saturated rings. The smallest absolute Gasteiger partial charge is 0.222 e. The summed E-state index contributed by atoms with van der Waals surface area (Å²) in [5.41, 5.74) is 2.82. The molecule has 2 aliphatic heterocycles. The average molecular weight is 343 g/mol. The molecule has 25 heavy (non-hydrogen) atoms. The van der Waals surface area contributed by atoms with Crippen molar-refractivity contribution >= 4 is 5.91 Å². The van der Waals surface area contributed by atoms with Gasteiger partial charge in [-0.15, -0.1) is 0 Å². The molecule has 1 amide bonds. The van der Waals surface area contributed by atoms with Crippen LogP contribution in [0, 0.1) is 5.92 Å². The van der Waals surface area contributed by atoms with E-state index in [1.165, 1.54) is 11.1 Å². The van der Waals surface area contributed by atoms with E-state index >= 15 is 0 Å². The summed E-state index contributed by atoms with van der Waals surface area (Å²) in [7, 11) is 0. The zero-order valence-electron chi connectivity index (χ0n) is 15.2. The second-order valence-electron chi connectivity index (χ2n) is 7.90. The maximum absolute atomic E-state index is 12.7. The van der Waals surface area contributed by atoms with Gasteiger partial charge in [-0.05, 0) is 49.7 Å². The van der Waals surface area contributed by atoms with Gasteiger partial charge in [0.25, 0.3) is 0 Å². The van der Waals surface area contributed by atoms with Crippen molar-refractivity contribution in [3.63, 3.8) is 0 Å². The van der Waals surface area contributed by atoms with E-state index in [1.54, 1.807) is 0 Å². The van der Waals surface area contributed by atoms with Gasteiger partial charge in [0.05, 0.1) is 18.3 Å². The molecule has 0 N–H and O–H groups in total. The molecular formula is C21H29NO3. The van der Waals surface area contributed by atoms with Gasteiger partial charge in [-0.2, -0.15) is 0 Å².